The molecular formula is C16H19N3. The van der Waals surface area contributed by atoms with E-state index >= 15 is 0 Å². The second kappa shape index (κ2) is 5.41. The van der Waals surface area contributed by atoms with E-state index in [1.807, 2.05) is 6.07 Å². The summed E-state index contributed by atoms with van der Waals surface area (Å²) in [6.45, 7) is 3.00. The minimum atomic E-state index is 0.653. The highest BCUT2D eigenvalue weighted by atomic mass is 15.1. The van der Waals surface area contributed by atoms with Crippen LogP contribution in [0.15, 0.2) is 42.6 Å². The molecule has 19 heavy (non-hydrogen) atoms. The van der Waals surface area contributed by atoms with Crippen LogP contribution in [0.4, 0.5) is 5.82 Å². The van der Waals surface area contributed by atoms with E-state index in [4.69, 9.17) is 5.73 Å². The molecule has 1 aliphatic rings. The van der Waals surface area contributed by atoms with Gasteiger partial charge in [0.1, 0.15) is 5.82 Å². The van der Waals surface area contributed by atoms with Crippen molar-refractivity contribution in [2.45, 2.75) is 25.9 Å². The molecule has 3 rings (SSSR count). The molecule has 0 atom stereocenters. The molecule has 0 bridgehead atoms. The summed E-state index contributed by atoms with van der Waals surface area (Å²) in [5.74, 6) is 0.653. The first-order valence-corrected chi connectivity index (χ1v) is 6.81. The fraction of sp³-hybridized carbons (Fsp3) is 0.312. The molecule has 3 nitrogen and oxygen atoms in total. The van der Waals surface area contributed by atoms with E-state index in [1.165, 1.54) is 24.0 Å². The van der Waals surface area contributed by atoms with Gasteiger partial charge in [0, 0.05) is 24.8 Å². The molecule has 0 amide bonds. The predicted molar refractivity (Wildman–Crippen MR) is 77.5 cm³/mol. The van der Waals surface area contributed by atoms with E-state index in [0.29, 0.717) is 5.82 Å². The zero-order chi connectivity index (χ0) is 13.1. The second-order valence-electron chi connectivity index (χ2n) is 5.13. The highest BCUT2D eigenvalue weighted by Crippen LogP contribution is 2.20. The van der Waals surface area contributed by atoms with Gasteiger partial charge in [0.05, 0.1) is 0 Å². The maximum Gasteiger partial charge on any atom is 0.127 e. The van der Waals surface area contributed by atoms with Crippen molar-refractivity contribution in [1.82, 2.24) is 9.88 Å². The monoisotopic (exact) mass is 253 g/mol. The maximum absolute atomic E-state index is 5.93. The number of pyridine rings is 1. The number of fused-ring (bicyclic) bond motifs is 1. The molecule has 3 heteroatoms. The van der Waals surface area contributed by atoms with Gasteiger partial charge in [0.15, 0.2) is 0 Å². The van der Waals surface area contributed by atoms with E-state index in [9.17, 15) is 0 Å². The number of rotatable bonds is 2. The largest absolute Gasteiger partial charge is 0.383 e. The Kier molecular flexibility index (Phi) is 3.47. The number of anilines is 1. The first kappa shape index (κ1) is 12.2. The number of aryl methyl sites for hydroxylation is 1. The Balaban J connectivity index is 1.78. The topological polar surface area (TPSA) is 42.1 Å². The SMILES string of the molecule is Nc1ncccc1CN1CCCc2ccccc2C1. The lowest BCUT2D eigenvalue weighted by atomic mass is 10.0. The Hall–Kier alpha value is -1.87. The molecule has 0 aliphatic carbocycles. The van der Waals surface area contributed by atoms with Crippen molar-refractivity contribution in [3.05, 3.63) is 59.3 Å². The lowest BCUT2D eigenvalue weighted by Gasteiger charge is -2.21. The summed E-state index contributed by atoms with van der Waals surface area (Å²) < 4.78 is 0. The van der Waals surface area contributed by atoms with E-state index < -0.39 is 0 Å². The number of hydrogen-bond acceptors (Lipinski definition) is 3. The zero-order valence-electron chi connectivity index (χ0n) is 11.0. The average Bonchev–Trinajstić information content (AvgIpc) is 2.63. The number of benzene rings is 1. The van der Waals surface area contributed by atoms with Crippen LogP contribution < -0.4 is 5.73 Å². The maximum atomic E-state index is 5.93. The number of nitrogens with zero attached hydrogens (tertiary/aromatic N) is 2. The Bertz CT molecular complexity index is 565. The van der Waals surface area contributed by atoms with Crippen molar-refractivity contribution in [2.24, 2.45) is 0 Å². The minimum absolute atomic E-state index is 0.653. The van der Waals surface area contributed by atoms with Crippen LogP contribution in [0.5, 0.6) is 0 Å². The summed E-state index contributed by atoms with van der Waals surface area (Å²) in [6, 6.07) is 12.8. The van der Waals surface area contributed by atoms with Crippen molar-refractivity contribution in [1.29, 1.82) is 0 Å². The number of hydrogen-bond donors (Lipinski definition) is 1. The summed E-state index contributed by atoms with van der Waals surface area (Å²) in [5.41, 5.74) is 10.00. The average molecular weight is 253 g/mol. The van der Waals surface area contributed by atoms with Crippen LogP contribution in [0.1, 0.15) is 23.1 Å². The number of nitrogens with two attached hydrogens (primary N) is 1. The second-order valence-corrected chi connectivity index (χ2v) is 5.13. The van der Waals surface area contributed by atoms with Gasteiger partial charge in [-0.1, -0.05) is 30.3 Å². The van der Waals surface area contributed by atoms with E-state index in [2.05, 4.69) is 40.2 Å². The third kappa shape index (κ3) is 2.76. The minimum Gasteiger partial charge on any atom is -0.383 e. The summed E-state index contributed by atoms with van der Waals surface area (Å²) in [7, 11) is 0. The molecule has 0 unspecified atom stereocenters. The van der Waals surface area contributed by atoms with Crippen LogP contribution in [0.3, 0.4) is 0 Å². The molecule has 0 fully saturated rings. The predicted octanol–water partition coefficient (Wildman–Crippen LogP) is 2.61. The molecular weight excluding hydrogens is 234 g/mol. The highest BCUT2D eigenvalue weighted by molar-refractivity contribution is 5.38. The third-order valence-corrected chi connectivity index (χ3v) is 3.75. The normalized spacial score (nSPS) is 15.8. The van der Waals surface area contributed by atoms with Gasteiger partial charge in [-0.05, 0) is 36.6 Å². The zero-order valence-corrected chi connectivity index (χ0v) is 11.0. The molecule has 2 N–H and O–H groups in total. The van der Waals surface area contributed by atoms with E-state index in [-0.39, 0.29) is 0 Å². The highest BCUT2D eigenvalue weighted by Gasteiger charge is 2.14. The van der Waals surface area contributed by atoms with Crippen molar-refractivity contribution in [3.63, 3.8) is 0 Å². The van der Waals surface area contributed by atoms with Gasteiger partial charge in [0.2, 0.25) is 0 Å². The van der Waals surface area contributed by atoms with Crippen LogP contribution in [0.25, 0.3) is 0 Å². The molecule has 2 aromatic rings. The van der Waals surface area contributed by atoms with Gasteiger partial charge in [0.25, 0.3) is 0 Å². The van der Waals surface area contributed by atoms with Crippen LogP contribution in [-0.4, -0.2) is 16.4 Å². The van der Waals surface area contributed by atoms with Crippen molar-refractivity contribution in [2.75, 3.05) is 12.3 Å². The Labute approximate surface area is 114 Å². The van der Waals surface area contributed by atoms with Crippen molar-refractivity contribution < 1.29 is 0 Å². The summed E-state index contributed by atoms with van der Waals surface area (Å²) >= 11 is 0. The molecule has 0 radical (unpaired) electrons. The summed E-state index contributed by atoms with van der Waals surface area (Å²) in [6.07, 6.45) is 4.13. The molecule has 1 aliphatic heterocycles. The Morgan fingerprint density at radius 1 is 1.11 bits per heavy atom. The van der Waals surface area contributed by atoms with Crippen LogP contribution in [-0.2, 0) is 19.5 Å². The molecule has 0 saturated carbocycles. The third-order valence-electron chi connectivity index (χ3n) is 3.75. The lowest BCUT2D eigenvalue weighted by molar-refractivity contribution is 0.261. The van der Waals surface area contributed by atoms with Crippen LogP contribution >= 0.6 is 0 Å². The Morgan fingerprint density at radius 2 is 1.95 bits per heavy atom. The van der Waals surface area contributed by atoms with Gasteiger partial charge in [-0.3, -0.25) is 4.90 Å². The first-order valence-electron chi connectivity index (χ1n) is 6.81. The van der Waals surface area contributed by atoms with Crippen LogP contribution in [0, 0.1) is 0 Å². The smallest absolute Gasteiger partial charge is 0.127 e. The van der Waals surface area contributed by atoms with Gasteiger partial charge >= 0.3 is 0 Å². The Morgan fingerprint density at radius 3 is 2.79 bits per heavy atom. The number of aromatic nitrogens is 1. The molecule has 0 saturated heterocycles. The fourth-order valence-electron chi connectivity index (χ4n) is 2.73. The van der Waals surface area contributed by atoms with E-state index in [0.717, 1.165) is 25.2 Å². The number of nitrogen functional groups attached to an aromatic ring is 1. The van der Waals surface area contributed by atoms with Gasteiger partial charge in [-0.25, -0.2) is 4.98 Å². The van der Waals surface area contributed by atoms with Gasteiger partial charge < -0.3 is 5.73 Å². The quantitative estimate of drug-likeness (QED) is 0.894. The fourth-order valence-corrected chi connectivity index (χ4v) is 2.73. The molecule has 2 heterocycles. The molecule has 0 spiro atoms. The van der Waals surface area contributed by atoms with Crippen molar-refractivity contribution >= 4 is 5.82 Å². The lowest BCUT2D eigenvalue weighted by Crippen LogP contribution is -2.23. The first-order chi connectivity index (χ1) is 9.33. The van der Waals surface area contributed by atoms with Crippen molar-refractivity contribution in [3.8, 4) is 0 Å². The molecule has 98 valence electrons. The van der Waals surface area contributed by atoms with Crippen LogP contribution in [0.2, 0.25) is 0 Å². The molecule has 1 aromatic carbocycles. The standard InChI is InChI=1S/C16H19N3/c17-16-15(7-3-9-18-16)12-19-10-4-8-13-5-1-2-6-14(13)11-19/h1-3,5-7,9H,4,8,10-12H2,(H2,17,18). The van der Waals surface area contributed by atoms with Gasteiger partial charge in [-0.15, -0.1) is 0 Å². The molecule has 1 aromatic heterocycles. The van der Waals surface area contributed by atoms with E-state index in [1.54, 1.807) is 6.20 Å². The summed E-state index contributed by atoms with van der Waals surface area (Å²) in [5, 5.41) is 0. The van der Waals surface area contributed by atoms with Gasteiger partial charge in [-0.2, -0.15) is 0 Å². The summed E-state index contributed by atoms with van der Waals surface area (Å²) in [4.78, 5) is 6.62.